The third-order valence-corrected chi connectivity index (χ3v) is 4.30. The molecule has 3 rings (SSSR count). The van der Waals surface area contributed by atoms with Crippen LogP contribution in [0.1, 0.15) is 11.1 Å². The number of benzene rings is 1. The lowest BCUT2D eigenvalue weighted by atomic mass is 10.1. The van der Waals surface area contributed by atoms with Crippen LogP contribution in [-0.2, 0) is 6.54 Å². The van der Waals surface area contributed by atoms with E-state index in [2.05, 4.69) is 20.8 Å². The molecule has 5 N–H and O–H groups in total. The van der Waals surface area contributed by atoms with Crippen molar-refractivity contribution in [2.24, 2.45) is 11.6 Å². The Labute approximate surface area is 120 Å². The summed E-state index contributed by atoms with van der Waals surface area (Å²) in [5.74, 6) is 6.88. The van der Waals surface area contributed by atoms with Gasteiger partial charge in [0.2, 0.25) is 0 Å². The van der Waals surface area contributed by atoms with Gasteiger partial charge < -0.3 is 11.2 Å². The van der Waals surface area contributed by atoms with Crippen LogP contribution >= 0.6 is 11.3 Å². The predicted molar refractivity (Wildman–Crippen MR) is 83.3 cm³/mol. The van der Waals surface area contributed by atoms with Crippen LogP contribution in [-0.4, -0.2) is 9.97 Å². The van der Waals surface area contributed by atoms with E-state index in [1.54, 1.807) is 11.3 Å². The first-order valence-electron chi connectivity index (χ1n) is 6.25. The molecule has 1 aromatic carbocycles. The molecule has 3 aromatic rings. The molecule has 0 radical (unpaired) electrons. The summed E-state index contributed by atoms with van der Waals surface area (Å²) in [6, 6.07) is 7.88. The zero-order chi connectivity index (χ0) is 14.1. The Bertz CT molecular complexity index is 765. The highest BCUT2D eigenvalue weighted by atomic mass is 32.1. The standard InChI is InChI=1S/C14H15N5S/c1-8-7-20-12-11(8)17-13(18-14(12)19-16)10-5-3-2-4-9(10)6-15/h2-5,7H,6,15-16H2,1H3,(H,17,18,19). The normalized spacial score (nSPS) is 10.9. The Morgan fingerprint density at radius 3 is 2.80 bits per heavy atom. The highest BCUT2D eigenvalue weighted by molar-refractivity contribution is 7.18. The van der Waals surface area contributed by atoms with Crippen LogP contribution in [0.5, 0.6) is 0 Å². The van der Waals surface area contributed by atoms with E-state index in [0.717, 1.165) is 26.9 Å². The summed E-state index contributed by atoms with van der Waals surface area (Å²) in [7, 11) is 0. The van der Waals surface area contributed by atoms with E-state index >= 15 is 0 Å². The SMILES string of the molecule is Cc1csc2c(NN)nc(-c3ccccc3CN)nc12. The molecule has 0 unspecified atom stereocenters. The molecule has 0 bridgehead atoms. The number of anilines is 1. The fourth-order valence-corrected chi connectivity index (χ4v) is 3.11. The minimum atomic E-state index is 0.450. The van der Waals surface area contributed by atoms with Gasteiger partial charge >= 0.3 is 0 Å². The lowest BCUT2D eigenvalue weighted by molar-refractivity contribution is 1.06. The predicted octanol–water partition coefficient (Wildman–Crippen LogP) is 2.41. The molecule has 0 spiro atoms. The summed E-state index contributed by atoms with van der Waals surface area (Å²) in [5, 5.41) is 2.05. The van der Waals surface area contributed by atoms with E-state index < -0.39 is 0 Å². The lowest BCUT2D eigenvalue weighted by Gasteiger charge is -2.09. The monoisotopic (exact) mass is 285 g/mol. The van der Waals surface area contributed by atoms with Gasteiger partial charge in [-0.3, -0.25) is 0 Å². The molecule has 0 saturated heterocycles. The van der Waals surface area contributed by atoms with Crippen LogP contribution in [0, 0.1) is 6.92 Å². The quantitative estimate of drug-likeness (QED) is 0.508. The Morgan fingerprint density at radius 2 is 2.05 bits per heavy atom. The van der Waals surface area contributed by atoms with Crippen molar-refractivity contribution in [2.45, 2.75) is 13.5 Å². The number of aryl methyl sites for hydroxylation is 1. The van der Waals surface area contributed by atoms with Gasteiger partial charge in [-0.25, -0.2) is 15.8 Å². The number of hydrazine groups is 1. The summed E-state index contributed by atoms with van der Waals surface area (Å²) < 4.78 is 0.971. The second-order valence-electron chi connectivity index (χ2n) is 4.50. The van der Waals surface area contributed by atoms with Crippen LogP contribution < -0.4 is 17.0 Å². The lowest BCUT2D eigenvalue weighted by Crippen LogP contribution is -2.10. The molecular weight excluding hydrogens is 270 g/mol. The van der Waals surface area contributed by atoms with Gasteiger partial charge in [0.15, 0.2) is 11.6 Å². The average Bonchev–Trinajstić information content (AvgIpc) is 2.88. The number of nitrogens with two attached hydrogens (primary N) is 2. The van der Waals surface area contributed by atoms with Crippen molar-refractivity contribution < 1.29 is 0 Å². The van der Waals surface area contributed by atoms with Crippen LogP contribution in [0.15, 0.2) is 29.6 Å². The largest absolute Gasteiger partial charge is 0.326 e. The smallest absolute Gasteiger partial charge is 0.162 e. The summed E-state index contributed by atoms with van der Waals surface area (Å²) in [6.07, 6.45) is 0. The van der Waals surface area contributed by atoms with Gasteiger partial charge in [0, 0.05) is 12.1 Å². The van der Waals surface area contributed by atoms with Gasteiger partial charge in [-0.15, -0.1) is 11.3 Å². The number of rotatable bonds is 3. The molecule has 0 aliphatic rings. The van der Waals surface area contributed by atoms with Crippen molar-refractivity contribution >= 4 is 27.4 Å². The van der Waals surface area contributed by atoms with E-state index in [9.17, 15) is 0 Å². The van der Waals surface area contributed by atoms with E-state index in [-0.39, 0.29) is 0 Å². The number of aromatic nitrogens is 2. The third kappa shape index (κ3) is 2.03. The first-order chi connectivity index (χ1) is 9.74. The third-order valence-electron chi connectivity index (χ3n) is 3.21. The number of nitrogens with zero attached hydrogens (tertiary/aromatic N) is 2. The number of nitrogen functional groups attached to an aromatic ring is 1. The molecule has 20 heavy (non-hydrogen) atoms. The van der Waals surface area contributed by atoms with Crippen LogP contribution in [0.3, 0.4) is 0 Å². The Kier molecular flexibility index (Phi) is 3.35. The van der Waals surface area contributed by atoms with Gasteiger partial charge in [-0.2, -0.15) is 0 Å². The van der Waals surface area contributed by atoms with Crippen molar-refractivity contribution in [3.05, 3.63) is 40.8 Å². The summed E-state index contributed by atoms with van der Waals surface area (Å²) in [6.45, 7) is 2.48. The van der Waals surface area contributed by atoms with Crippen molar-refractivity contribution in [2.75, 3.05) is 5.43 Å². The second kappa shape index (κ2) is 5.16. The highest BCUT2D eigenvalue weighted by Gasteiger charge is 2.13. The molecule has 0 aliphatic carbocycles. The molecule has 0 atom stereocenters. The molecule has 0 amide bonds. The second-order valence-corrected chi connectivity index (χ2v) is 5.38. The van der Waals surface area contributed by atoms with Gasteiger partial charge in [-0.05, 0) is 23.4 Å². The maximum atomic E-state index is 5.79. The first-order valence-corrected chi connectivity index (χ1v) is 7.13. The molecule has 0 fully saturated rings. The Hall–Kier alpha value is -2.02. The average molecular weight is 285 g/mol. The Balaban J connectivity index is 2.28. The number of nitrogens with one attached hydrogen (secondary N) is 1. The minimum absolute atomic E-state index is 0.450. The van der Waals surface area contributed by atoms with Gasteiger partial charge in [0.1, 0.15) is 0 Å². The molecular formula is C14H15N5S. The zero-order valence-corrected chi connectivity index (χ0v) is 11.9. The van der Waals surface area contributed by atoms with Crippen LogP contribution in [0.2, 0.25) is 0 Å². The van der Waals surface area contributed by atoms with Gasteiger partial charge in [0.05, 0.1) is 10.2 Å². The molecule has 6 heteroatoms. The van der Waals surface area contributed by atoms with E-state index in [4.69, 9.17) is 11.6 Å². The maximum absolute atomic E-state index is 5.79. The number of hydrogen-bond acceptors (Lipinski definition) is 6. The van der Waals surface area contributed by atoms with Crippen LogP contribution in [0.25, 0.3) is 21.6 Å². The van der Waals surface area contributed by atoms with Crippen molar-refractivity contribution in [1.29, 1.82) is 0 Å². The molecule has 0 aliphatic heterocycles. The summed E-state index contributed by atoms with van der Waals surface area (Å²) >= 11 is 1.59. The maximum Gasteiger partial charge on any atom is 0.162 e. The van der Waals surface area contributed by atoms with Crippen molar-refractivity contribution in [1.82, 2.24) is 9.97 Å². The van der Waals surface area contributed by atoms with E-state index in [0.29, 0.717) is 18.2 Å². The summed E-state index contributed by atoms with van der Waals surface area (Å²) in [4.78, 5) is 9.19. The van der Waals surface area contributed by atoms with Gasteiger partial charge in [0.25, 0.3) is 0 Å². The van der Waals surface area contributed by atoms with E-state index in [1.165, 1.54) is 0 Å². The van der Waals surface area contributed by atoms with Crippen molar-refractivity contribution in [3.8, 4) is 11.4 Å². The Morgan fingerprint density at radius 1 is 1.25 bits per heavy atom. The zero-order valence-electron chi connectivity index (χ0n) is 11.1. The number of fused-ring (bicyclic) bond motifs is 1. The van der Waals surface area contributed by atoms with E-state index in [1.807, 2.05) is 31.2 Å². The number of hydrogen-bond donors (Lipinski definition) is 3. The summed E-state index contributed by atoms with van der Waals surface area (Å²) in [5.41, 5.74) is 12.5. The van der Waals surface area contributed by atoms with Crippen molar-refractivity contribution in [3.63, 3.8) is 0 Å². The fraction of sp³-hybridized carbons (Fsp3) is 0.143. The fourth-order valence-electron chi connectivity index (χ4n) is 2.17. The highest BCUT2D eigenvalue weighted by Crippen LogP contribution is 2.32. The van der Waals surface area contributed by atoms with Crippen LogP contribution in [0.4, 0.5) is 5.82 Å². The topological polar surface area (TPSA) is 89.8 Å². The minimum Gasteiger partial charge on any atom is -0.326 e. The first kappa shape index (κ1) is 13.0. The molecule has 0 saturated carbocycles. The molecule has 2 heterocycles. The van der Waals surface area contributed by atoms with Gasteiger partial charge in [-0.1, -0.05) is 24.3 Å². The molecule has 2 aromatic heterocycles. The molecule has 5 nitrogen and oxygen atoms in total. The molecule has 102 valence electrons. The number of thiophene rings is 1.